The molecule has 0 saturated heterocycles. The van der Waals surface area contributed by atoms with Crippen LogP contribution in [0.5, 0.6) is 0 Å². The van der Waals surface area contributed by atoms with Crippen molar-refractivity contribution in [2.45, 2.75) is 26.4 Å². The van der Waals surface area contributed by atoms with Crippen molar-refractivity contribution < 1.29 is 4.39 Å². The molecule has 0 radical (unpaired) electrons. The number of nitrogens with zero attached hydrogens (tertiary/aromatic N) is 1. The van der Waals surface area contributed by atoms with Crippen LogP contribution in [0.1, 0.15) is 29.0 Å². The smallest absolute Gasteiger partial charge is 0.126 e. The van der Waals surface area contributed by atoms with Gasteiger partial charge in [0.2, 0.25) is 0 Å². The normalized spacial score (nSPS) is 12.5. The van der Waals surface area contributed by atoms with Gasteiger partial charge in [-0.2, -0.15) is 0 Å². The summed E-state index contributed by atoms with van der Waals surface area (Å²) in [6.45, 7) is 4.47. The molecule has 2 rings (SSSR count). The zero-order valence-corrected chi connectivity index (χ0v) is 12.3. The largest absolute Gasteiger partial charge is 0.369 e. The Morgan fingerprint density at radius 2 is 2.16 bits per heavy atom. The summed E-state index contributed by atoms with van der Waals surface area (Å²) in [5.74, 6) is -0.194. The topological polar surface area (TPSA) is 29.3 Å². The molecule has 2 aromatic rings. The van der Waals surface area contributed by atoms with Crippen molar-refractivity contribution >= 4 is 17.0 Å². The summed E-state index contributed by atoms with van der Waals surface area (Å²) in [6, 6.07) is 7.39. The number of anilines is 1. The summed E-state index contributed by atoms with van der Waals surface area (Å²) >= 11 is 1.72. The molecule has 1 atom stereocenters. The standard InChI is InChI=1S/C15H19FN2S/c1-10-7-15(13(11(2)17)8-14(10)16)18(3)9-12-5-4-6-19-12/h4-8,11H,9,17H2,1-3H3/t11-/m0/s1. The zero-order valence-electron chi connectivity index (χ0n) is 11.5. The average Bonchev–Trinajstić information content (AvgIpc) is 2.84. The first-order valence-corrected chi connectivity index (χ1v) is 7.16. The molecule has 2 nitrogen and oxygen atoms in total. The van der Waals surface area contributed by atoms with Gasteiger partial charge < -0.3 is 10.6 Å². The number of thiophene rings is 1. The number of nitrogens with two attached hydrogens (primary N) is 1. The highest BCUT2D eigenvalue weighted by molar-refractivity contribution is 7.09. The summed E-state index contributed by atoms with van der Waals surface area (Å²) in [4.78, 5) is 3.40. The molecular formula is C15H19FN2S. The lowest BCUT2D eigenvalue weighted by Crippen LogP contribution is -2.20. The van der Waals surface area contributed by atoms with Crippen molar-refractivity contribution in [2.75, 3.05) is 11.9 Å². The Hall–Kier alpha value is -1.39. The molecular weight excluding hydrogens is 259 g/mol. The van der Waals surface area contributed by atoms with Crippen molar-refractivity contribution in [3.63, 3.8) is 0 Å². The van der Waals surface area contributed by atoms with E-state index in [0.717, 1.165) is 17.8 Å². The number of halogens is 1. The Balaban J connectivity index is 2.34. The third kappa shape index (κ3) is 3.14. The lowest BCUT2D eigenvalue weighted by molar-refractivity contribution is 0.612. The van der Waals surface area contributed by atoms with E-state index in [1.54, 1.807) is 24.3 Å². The Labute approximate surface area is 117 Å². The molecule has 1 aromatic heterocycles. The van der Waals surface area contributed by atoms with Crippen LogP contribution in [0.2, 0.25) is 0 Å². The quantitative estimate of drug-likeness (QED) is 0.920. The monoisotopic (exact) mass is 278 g/mol. The minimum Gasteiger partial charge on any atom is -0.369 e. The zero-order chi connectivity index (χ0) is 14.0. The van der Waals surface area contributed by atoms with E-state index < -0.39 is 0 Å². The van der Waals surface area contributed by atoms with E-state index in [9.17, 15) is 4.39 Å². The molecule has 0 aliphatic carbocycles. The van der Waals surface area contributed by atoms with Gasteiger partial charge in [0.15, 0.2) is 0 Å². The summed E-state index contributed by atoms with van der Waals surface area (Å²) in [7, 11) is 2.01. The molecule has 0 amide bonds. The van der Waals surface area contributed by atoms with Crippen LogP contribution in [0.3, 0.4) is 0 Å². The summed E-state index contributed by atoms with van der Waals surface area (Å²) < 4.78 is 13.7. The summed E-state index contributed by atoms with van der Waals surface area (Å²) in [6.07, 6.45) is 0. The van der Waals surface area contributed by atoms with Gasteiger partial charge in [0, 0.05) is 23.7 Å². The van der Waals surface area contributed by atoms with Crippen LogP contribution in [-0.4, -0.2) is 7.05 Å². The van der Waals surface area contributed by atoms with E-state index in [1.165, 1.54) is 4.88 Å². The van der Waals surface area contributed by atoms with Gasteiger partial charge in [-0.05, 0) is 48.6 Å². The van der Waals surface area contributed by atoms with Crippen LogP contribution in [0, 0.1) is 12.7 Å². The third-order valence-corrected chi connectivity index (χ3v) is 4.04. The van der Waals surface area contributed by atoms with Crippen LogP contribution in [0.25, 0.3) is 0 Å². The molecule has 4 heteroatoms. The predicted molar refractivity (Wildman–Crippen MR) is 80.2 cm³/mol. The molecule has 2 N–H and O–H groups in total. The van der Waals surface area contributed by atoms with Crippen molar-refractivity contribution in [2.24, 2.45) is 5.73 Å². The van der Waals surface area contributed by atoms with Crippen molar-refractivity contribution in [1.29, 1.82) is 0 Å². The highest BCUT2D eigenvalue weighted by atomic mass is 32.1. The van der Waals surface area contributed by atoms with Crippen molar-refractivity contribution in [3.05, 3.63) is 51.5 Å². The Morgan fingerprint density at radius 1 is 1.42 bits per heavy atom. The summed E-state index contributed by atoms with van der Waals surface area (Å²) in [5.41, 5.74) is 8.46. The third-order valence-electron chi connectivity index (χ3n) is 3.18. The SMILES string of the molecule is Cc1cc(N(C)Cc2cccs2)c([C@H](C)N)cc1F. The molecule has 102 valence electrons. The van der Waals surface area contributed by atoms with E-state index in [4.69, 9.17) is 5.73 Å². The second-order valence-corrected chi connectivity index (χ2v) is 5.92. The number of hydrogen-bond donors (Lipinski definition) is 1. The molecule has 0 saturated carbocycles. The maximum absolute atomic E-state index is 13.7. The molecule has 0 aliphatic heterocycles. The van der Waals surface area contributed by atoms with Gasteiger partial charge in [-0.1, -0.05) is 6.07 Å². The Bertz CT molecular complexity index is 550. The summed E-state index contributed by atoms with van der Waals surface area (Å²) in [5, 5.41) is 2.06. The van der Waals surface area contributed by atoms with Gasteiger partial charge in [-0.25, -0.2) is 4.39 Å². The van der Waals surface area contributed by atoms with Crippen LogP contribution in [0.4, 0.5) is 10.1 Å². The second-order valence-electron chi connectivity index (χ2n) is 4.88. The number of hydrogen-bond acceptors (Lipinski definition) is 3. The Morgan fingerprint density at radius 3 is 2.74 bits per heavy atom. The van der Waals surface area contributed by atoms with E-state index in [0.29, 0.717) is 5.56 Å². The first kappa shape index (κ1) is 14.0. The lowest BCUT2D eigenvalue weighted by Gasteiger charge is -2.24. The molecule has 0 unspecified atom stereocenters. The van der Waals surface area contributed by atoms with Crippen molar-refractivity contribution in [3.8, 4) is 0 Å². The maximum Gasteiger partial charge on any atom is 0.126 e. The minimum absolute atomic E-state index is 0.184. The molecule has 0 aliphatic rings. The van der Waals surface area contributed by atoms with Gasteiger partial charge in [0.25, 0.3) is 0 Å². The molecule has 1 heterocycles. The molecule has 0 fully saturated rings. The second kappa shape index (κ2) is 5.72. The molecule has 0 bridgehead atoms. The Kier molecular flexibility index (Phi) is 4.22. The lowest BCUT2D eigenvalue weighted by atomic mass is 10.0. The fourth-order valence-corrected chi connectivity index (χ4v) is 2.86. The van der Waals surface area contributed by atoms with Gasteiger partial charge in [-0.3, -0.25) is 0 Å². The van der Waals surface area contributed by atoms with Crippen LogP contribution < -0.4 is 10.6 Å². The van der Waals surface area contributed by atoms with E-state index in [2.05, 4.69) is 16.3 Å². The van der Waals surface area contributed by atoms with Gasteiger partial charge in [-0.15, -0.1) is 11.3 Å². The van der Waals surface area contributed by atoms with Gasteiger partial charge in [0.1, 0.15) is 5.82 Å². The highest BCUT2D eigenvalue weighted by Gasteiger charge is 2.14. The fourth-order valence-electron chi connectivity index (χ4n) is 2.10. The van der Waals surface area contributed by atoms with Gasteiger partial charge in [0.05, 0.1) is 6.54 Å². The van der Waals surface area contributed by atoms with Gasteiger partial charge >= 0.3 is 0 Å². The van der Waals surface area contributed by atoms with Crippen LogP contribution in [0.15, 0.2) is 29.6 Å². The van der Waals surface area contributed by atoms with Crippen LogP contribution in [-0.2, 0) is 6.54 Å². The van der Waals surface area contributed by atoms with E-state index >= 15 is 0 Å². The first-order chi connectivity index (χ1) is 8.99. The minimum atomic E-state index is -0.194. The van der Waals surface area contributed by atoms with Crippen molar-refractivity contribution in [1.82, 2.24) is 0 Å². The maximum atomic E-state index is 13.7. The fraction of sp³-hybridized carbons (Fsp3) is 0.333. The average molecular weight is 278 g/mol. The van der Waals surface area contributed by atoms with E-state index in [-0.39, 0.29) is 11.9 Å². The number of aryl methyl sites for hydroxylation is 1. The predicted octanol–water partition coefficient (Wildman–Crippen LogP) is 3.85. The molecule has 0 spiro atoms. The first-order valence-electron chi connectivity index (χ1n) is 6.28. The van der Waals surface area contributed by atoms with Crippen LogP contribution >= 0.6 is 11.3 Å². The van der Waals surface area contributed by atoms with E-state index in [1.807, 2.05) is 26.1 Å². The molecule has 1 aromatic carbocycles. The number of rotatable bonds is 4. The highest BCUT2D eigenvalue weighted by Crippen LogP contribution is 2.29. The molecule has 19 heavy (non-hydrogen) atoms. The number of benzene rings is 1.